The highest BCUT2D eigenvalue weighted by atomic mass is 16.6. The van der Waals surface area contributed by atoms with Gasteiger partial charge in [0.15, 0.2) is 0 Å². The molecule has 4 rings (SSSR count). The molecule has 2 aromatic rings. The van der Waals surface area contributed by atoms with Gasteiger partial charge in [-0.05, 0) is 74.4 Å². The highest BCUT2D eigenvalue weighted by Gasteiger charge is 2.25. The zero-order chi connectivity index (χ0) is 21.8. The van der Waals surface area contributed by atoms with Crippen molar-refractivity contribution in [2.75, 3.05) is 41.3 Å². The summed E-state index contributed by atoms with van der Waals surface area (Å²) in [6.45, 7) is 5.90. The number of nitrogens with zero attached hydrogens (tertiary/aromatic N) is 3. The van der Waals surface area contributed by atoms with E-state index < -0.39 is 4.92 Å². The van der Waals surface area contributed by atoms with Gasteiger partial charge in [-0.2, -0.15) is 0 Å². The number of carbonyl (C=O) groups is 1. The highest BCUT2D eigenvalue weighted by Crippen LogP contribution is 2.32. The standard InChI is InChI=1S/C24H30N4O3/c1-18-6-5-15-27(17-18)22-12-7-19(16-23(22)28(30)31)24(29)25-20-8-10-21(11-9-20)26-13-3-2-4-14-26/h7-12,16,18H,2-6,13-15,17H2,1H3,(H,25,29)/t18-/m0/s1. The first-order valence-electron chi connectivity index (χ1n) is 11.2. The summed E-state index contributed by atoms with van der Waals surface area (Å²) >= 11 is 0. The van der Waals surface area contributed by atoms with Gasteiger partial charge in [-0.3, -0.25) is 14.9 Å². The minimum atomic E-state index is -0.390. The molecule has 2 aromatic carbocycles. The second-order valence-electron chi connectivity index (χ2n) is 8.70. The molecule has 7 heteroatoms. The smallest absolute Gasteiger partial charge is 0.293 e. The van der Waals surface area contributed by atoms with Crippen LogP contribution in [-0.2, 0) is 0 Å². The number of rotatable bonds is 5. The normalized spacial score (nSPS) is 19.2. The number of hydrogen-bond donors (Lipinski definition) is 1. The molecule has 0 radical (unpaired) electrons. The maximum Gasteiger partial charge on any atom is 0.293 e. The summed E-state index contributed by atoms with van der Waals surface area (Å²) in [5, 5.41) is 14.6. The van der Waals surface area contributed by atoms with E-state index in [1.807, 2.05) is 24.3 Å². The summed E-state index contributed by atoms with van der Waals surface area (Å²) in [5.74, 6) is 0.164. The van der Waals surface area contributed by atoms with Gasteiger partial charge in [0.05, 0.1) is 4.92 Å². The molecule has 0 spiro atoms. The molecule has 1 amide bonds. The van der Waals surface area contributed by atoms with Crippen LogP contribution in [0.4, 0.5) is 22.7 Å². The van der Waals surface area contributed by atoms with Crippen molar-refractivity contribution in [3.8, 4) is 0 Å². The molecule has 1 N–H and O–H groups in total. The van der Waals surface area contributed by atoms with Crippen LogP contribution in [0.3, 0.4) is 0 Å². The Hall–Kier alpha value is -3.09. The lowest BCUT2D eigenvalue weighted by Crippen LogP contribution is -2.34. The van der Waals surface area contributed by atoms with E-state index in [9.17, 15) is 14.9 Å². The molecule has 164 valence electrons. The summed E-state index contributed by atoms with van der Waals surface area (Å²) in [5.41, 5.74) is 2.72. The van der Waals surface area contributed by atoms with Crippen LogP contribution in [0.5, 0.6) is 0 Å². The number of nitro groups is 1. The Bertz CT molecular complexity index is 938. The van der Waals surface area contributed by atoms with Gasteiger partial charge < -0.3 is 15.1 Å². The van der Waals surface area contributed by atoms with E-state index >= 15 is 0 Å². The maximum atomic E-state index is 12.8. The van der Waals surface area contributed by atoms with Crippen molar-refractivity contribution < 1.29 is 9.72 Å². The van der Waals surface area contributed by atoms with E-state index in [1.54, 1.807) is 12.1 Å². The van der Waals surface area contributed by atoms with Gasteiger partial charge in [0.25, 0.3) is 11.6 Å². The molecular formula is C24H30N4O3. The summed E-state index contributed by atoms with van der Waals surface area (Å²) in [7, 11) is 0. The van der Waals surface area contributed by atoms with Gasteiger partial charge in [-0.15, -0.1) is 0 Å². The van der Waals surface area contributed by atoms with Crippen LogP contribution in [0.25, 0.3) is 0 Å². The van der Waals surface area contributed by atoms with E-state index in [0.29, 0.717) is 22.9 Å². The van der Waals surface area contributed by atoms with Gasteiger partial charge >= 0.3 is 0 Å². The predicted octanol–water partition coefficient (Wildman–Crippen LogP) is 5.07. The Kier molecular flexibility index (Phi) is 6.39. The quantitative estimate of drug-likeness (QED) is 0.537. The number of nitro benzene ring substituents is 1. The molecule has 2 aliphatic rings. The molecule has 0 unspecified atom stereocenters. The molecule has 2 aliphatic heterocycles. The van der Waals surface area contributed by atoms with Gasteiger partial charge in [-0.1, -0.05) is 6.92 Å². The predicted molar refractivity (Wildman–Crippen MR) is 124 cm³/mol. The van der Waals surface area contributed by atoms with Gasteiger partial charge in [0.2, 0.25) is 0 Å². The van der Waals surface area contributed by atoms with Crippen molar-refractivity contribution in [3.63, 3.8) is 0 Å². The SMILES string of the molecule is C[C@H]1CCCN(c2ccc(C(=O)Nc3ccc(N4CCCCC4)cc3)cc2[N+](=O)[O-])C1. The molecule has 2 fully saturated rings. The zero-order valence-corrected chi connectivity index (χ0v) is 18.0. The van der Waals surface area contributed by atoms with Gasteiger partial charge in [0, 0.05) is 49.2 Å². The van der Waals surface area contributed by atoms with Crippen molar-refractivity contribution in [1.29, 1.82) is 0 Å². The number of carbonyl (C=O) groups excluding carboxylic acids is 1. The first kappa shape index (κ1) is 21.2. The Morgan fingerprint density at radius 1 is 1.00 bits per heavy atom. The van der Waals surface area contributed by atoms with E-state index in [2.05, 4.69) is 22.0 Å². The molecule has 0 aliphatic carbocycles. The number of piperidine rings is 2. The molecule has 0 bridgehead atoms. The lowest BCUT2D eigenvalue weighted by molar-refractivity contribution is -0.384. The first-order valence-corrected chi connectivity index (χ1v) is 11.2. The first-order chi connectivity index (χ1) is 15.0. The van der Waals surface area contributed by atoms with Crippen molar-refractivity contribution >= 4 is 28.7 Å². The fraction of sp³-hybridized carbons (Fsp3) is 0.458. The monoisotopic (exact) mass is 422 g/mol. The third-order valence-electron chi connectivity index (χ3n) is 6.28. The summed E-state index contributed by atoms with van der Waals surface area (Å²) < 4.78 is 0. The molecule has 2 saturated heterocycles. The van der Waals surface area contributed by atoms with Crippen LogP contribution in [0, 0.1) is 16.0 Å². The minimum Gasteiger partial charge on any atom is -0.372 e. The van der Waals surface area contributed by atoms with Crippen molar-refractivity contribution in [1.82, 2.24) is 0 Å². The highest BCUT2D eigenvalue weighted by molar-refractivity contribution is 6.05. The van der Waals surface area contributed by atoms with E-state index in [1.165, 1.54) is 25.3 Å². The lowest BCUT2D eigenvalue weighted by Gasteiger charge is -2.32. The number of nitrogens with one attached hydrogen (secondary N) is 1. The molecule has 31 heavy (non-hydrogen) atoms. The minimum absolute atomic E-state index is 0.0119. The Balaban J connectivity index is 1.48. The Morgan fingerprint density at radius 3 is 2.39 bits per heavy atom. The molecule has 7 nitrogen and oxygen atoms in total. The average Bonchev–Trinajstić information content (AvgIpc) is 2.79. The average molecular weight is 423 g/mol. The topological polar surface area (TPSA) is 78.7 Å². The van der Waals surface area contributed by atoms with Crippen molar-refractivity contribution in [2.24, 2.45) is 5.92 Å². The number of anilines is 3. The van der Waals surface area contributed by atoms with E-state index in [0.717, 1.165) is 44.7 Å². The maximum absolute atomic E-state index is 12.8. The van der Waals surface area contributed by atoms with Crippen LogP contribution < -0.4 is 15.1 Å². The third-order valence-corrected chi connectivity index (χ3v) is 6.28. The van der Waals surface area contributed by atoms with Crippen LogP contribution in [0.15, 0.2) is 42.5 Å². The molecule has 0 aromatic heterocycles. The number of benzene rings is 2. The fourth-order valence-corrected chi connectivity index (χ4v) is 4.60. The molecule has 0 saturated carbocycles. The van der Waals surface area contributed by atoms with Crippen LogP contribution >= 0.6 is 0 Å². The lowest BCUT2D eigenvalue weighted by atomic mass is 9.99. The van der Waals surface area contributed by atoms with Crippen LogP contribution in [0.2, 0.25) is 0 Å². The van der Waals surface area contributed by atoms with E-state index in [4.69, 9.17) is 0 Å². The number of hydrogen-bond acceptors (Lipinski definition) is 5. The van der Waals surface area contributed by atoms with Crippen LogP contribution in [0.1, 0.15) is 49.4 Å². The van der Waals surface area contributed by atoms with Gasteiger partial charge in [-0.25, -0.2) is 0 Å². The zero-order valence-electron chi connectivity index (χ0n) is 18.0. The fourth-order valence-electron chi connectivity index (χ4n) is 4.60. The molecular weight excluding hydrogens is 392 g/mol. The second kappa shape index (κ2) is 9.37. The number of amides is 1. The van der Waals surface area contributed by atoms with Crippen molar-refractivity contribution in [2.45, 2.75) is 39.0 Å². The largest absolute Gasteiger partial charge is 0.372 e. The Labute approximate surface area is 183 Å². The Morgan fingerprint density at radius 2 is 1.71 bits per heavy atom. The summed E-state index contributed by atoms with van der Waals surface area (Å²) in [4.78, 5) is 28.5. The molecule has 1 atom stereocenters. The molecule has 2 heterocycles. The summed E-state index contributed by atoms with van der Waals surface area (Å²) in [6, 6.07) is 12.6. The third kappa shape index (κ3) is 4.98. The summed E-state index contributed by atoms with van der Waals surface area (Å²) in [6.07, 6.45) is 5.87. The van der Waals surface area contributed by atoms with Crippen LogP contribution in [-0.4, -0.2) is 37.0 Å². The second-order valence-corrected chi connectivity index (χ2v) is 8.70. The van der Waals surface area contributed by atoms with Gasteiger partial charge in [0.1, 0.15) is 5.69 Å². The van der Waals surface area contributed by atoms with Crippen molar-refractivity contribution in [3.05, 3.63) is 58.1 Å². The van der Waals surface area contributed by atoms with E-state index in [-0.39, 0.29) is 11.6 Å².